The monoisotopic (exact) mass is 168 g/mol. The first kappa shape index (κ1) is 12.4. The van der Waals surface area contributed by atoms with Crippen LogP contribution in [0.3, 0.4) is 0 Å². The molecule has 0 unspecified atom stereocenters. The van der Waals surface area contributed by atoms with Crippen LogP contribution in [-0.2, 0) is 4.79 Å². The molecular formula is C3H8BClNO4. The average Bonchev–Trinajstić information content (AvgIpc) is 1.85. The molecule has 10 heavy (non-hydrogen) atoms. The zero-order valence-corrected chi connectivity index (χ0v) is 5.88. The van der Waals surface area contributed by atoms with Gasteiger partial charge in [0.2, 0.25) is 0 Å². The highest BCUT2D eigenvalue weighted by Crippen LogP contribution is 1.74. The van der Waals surface area contributed by atoms with Crippen LogP contribution in [0.5, 0.6) is 0 Å². The molecule has 5 nitrogen and oxygen atoms in total. The zero-order valence-electron chi connectivity index (χ0n) is 5.12. The van der Waals surface area contributed by atoms with E-state index in [0.29, 0.717) is 6.54 Å². The summed E-state index contributed by atoms with van der Waals surface area (Å²) in [5.74, 6) is -0.840. The number of nitrogens with one attached hydrogen (secondary N) is 1. The normalized spacial score (nSPS) is 7.50. The highest BCUT2D eigenvalue weighted by Gasteiger charge is 1.91. The maximum atomic E-state index is 9.66. The van der Waals surface area contributed by atoms with Crippen LogP contribution in [0.4, 0.5) is 0 Å². The van der Waals surface area contributed by atoms with Crippen molar-refractivity contribution >= 4 is 25.4 Å². The van der Waals surface area contributed by atoms with Gasteiger partial charge in [-0.2, -0.15) is 0 Å². The van der Waals surface area contributed by atoms with Gasteiger partial charge in [0.25, 0.3) is 0 Å². The third-order valence-electron chi connectivity index (χ3n) is 0.433. The van der Waals surface area contributed by atoms with Gasteiger partial charge in [0.05, 0.1) is 6.42 Å². The van der Waals surface area contributed by atoms with Crippen LogP contribution in [0.15, 0.2) is 0 Å². The third-order valence-corrected chi connectivity index (χ3v) is 0.622. The molecule has 0 saturated carbocycles. The Morgan fingerprint density at radius 3 is 2.10 bits per heavy atom. The number of aliphatic carboxylic acids is 1. The van der Waals surface area contributed by atoms with Gasteiger partial charge in [-0.25, -0.2) is 4.84 Å². The standard InChI is InChI=1S/C3H6ClNO2.BH2O2/c4-5-2-1-3(6)7;2-1-3/h5H,1-2H2,(H,6,7);2-3H. The van der Waals surface area contributed by atoms with Crippen molar-refractivity contribution in [2.75, 3.05) is 6.54 Å². The van der Waals surface area contributed by atoms with E-state index in [1.54, 1.807) is 0 Å². The van der Waals surface area contributed by atoms with Crippen LogP contribution in [0.25, 0.3) is 0 Å². The molecular weight excluding hydrogens is 160 g/mol. The Kier molecular flexibility index (Phi) is 14.2. The SMILES string of the molecule is O=C(O)CCNCl.O[B]O. The summed E-state index contributed by atoms with van der Waals surface area (Å²) in [6.07, 6.45) is 0.0729. The van der Waals surface area contributed by atoms with Crippen molar-refractivity contribution in [3.63, 3.8) is 0 Å². The lowest BCUT2D eigenvalue weighted by molar-refractivity contribution is -0.136. The van der Waals surface area contributed by atoms with Crippen molar-refractivity contribution in [2.24, 2.45) is 0 Å². The summed E-state index contributed by atoms with van der Waals surface area (Å²) in [5.41, 5.74) is 0. The number of hydrogen-bond acceptors (Lipinski definition) is 4. The molecule has 0 aromatic rings. The van der Waals surface area contributed by atoms with Gasteiger partial charge >= 0.3 is 13.7 Å². The second-order valence-corrected chi connectivity index (χ2v) is 1.41. The second-order valence-electron chi connectivity index (χ2n) is 1.14. The molecule has 0 aliphatic rings. The van der Waals surface area contributed by atoms with Crippen LogP contribution in [0, 0.1) is 0 Å². The van der Waals surface area contributed by atoms with Crippen LogP contribution < -0.4 is 4.84 Å². The molecule has 0 saturated heterocycles. The van der Waals surface area contributed by atoms with Gasteiger partial charge in [-0.3, -0.25) is 4.79 Å². The Labute approximate surface area is 64.0 Å². The molecule has 0 heterocycles. The number of halogens is 1. The van der Waals surface area contributed by atoms with E-state index in [4.69, 9.17) is 26.9 Å². The minimum atomic E-state index is -0.840. The second kappa shape index (κ2) is 11.5. The average molecular weight is 168 g/mol. The van der Waals surface area contributed by atoms with E-state index in [1.807, 2.05) is 0 Å². The van der Waals surface area contributed by atoms with E-state index >= 15 is 0 Å². The van der Waals surface area contributed by atoms with Gasteiger partial charge in [0.15, 0.2) is 0 Å². The Morgan fingerprint density at radius 2 is 2.00 bits per heavy atom. The molecule has 4 N–H and O–H groups in total. The van der Waals surface area contributed by atoms with Gasteiger partial charge in [0.1, 0.15) is 0 Å². The lowest BCUT2D eigenvalue weighted by Crippen LogP contribution is -2.06. The molecule has 1 radical (unpaired) electrons. The van der Waals surface area contributed by atoms with Crippen LogP contribution in [0.1, 0.15) is 6.42 Å². The summed E-state index contributed by atoms with van der Waals surface area (Å²) < 4.78 is 0. The van der Waals surface area contributed by atoms with E-state index in [2.05, 4.69) is 4.84 Å². The summed E-state index contributed by atoms with van der Waals surface area (Å²) in [5, 5.41) is 21.9. The molecule has 0 fully saturated rings. The fourth-order valence-electron chi connectivity index (χ4n) is 0.154. The first-order valence-corrected chi connectivity index (χ1v) is 2.72. The molecule has 0 atom stereocenters. The molecule has 0 aromatic heterocycles. The lowest BCUT2D eigenvalue weighted by atomic mass is 10.5. The Hall–Kier alpha value is -0.295. The molecule has 0 aliphatic carbocycles. The predicted molar refractivity (Wildman–Crippen MR) is 36.3 cm³/mol. The molecule has 0 aliphatic heterocycles. The van der Waals surface area contributed by atoms with E-state index < -0.39 is 5.97 Å². The smallest absolute Gasteiger partial charge is 0.481 e. The van der Waals surface area contributed by atoms with E-state index in [-0.39, 0.29) is 14.1 Å². The van der Waals surface area contributed by atoms with Gasteiger partial charge in [0, 0.05) is 6.54 Å². The van der Waals surface area contributed by atoms with Crippen molar-refractivity contribution in [3.8, 4) is 0 Å². The Balaban J connectivity index is 0. The third kappa shape index (κ3) is 25.2. The molecule has 0 bridgehead atoms. The minimum Gasteiger partial charge on any atom is -0.481 e. The summed E-state index contributed by atoms with van der Waals surface area (Å²) in [6, 6.07) is 0. The molecule has 59 valence electrons. The predicted octanol–water partition coefficient (Wildman–Crippen LogP) is -1.29. The van der Waals surface area contributed by atoms with Gasteiger partial charge in [-0.05, 0) is 11.8 Å². The number of carbonyl (C=O) groups is 1. The quantitative estimate of drug-likeness (QED) is 0.311. The van der Waals surface area contributed by atoms with Crippen LogP contribution in [0.2, 0.25) is 0 Å². The molecule has 0 amide bonds. The summed E-state index contributed by atoms with van der Waals surface area (Å²) >= 11 is 4.93. The fourth-order valence-corrected chi connectivity index (χ4v) is 0.249. The summed E-state index contributed by atoms with van der Waals surface area (Å²) in [7, 11) is 0. The van der Waals surface area contributed by atoms with Crippen molar-refractivity contribution in [1.29, 1.82) is 0 Å². The van der Waals surface area contributed by atoms with Crippen molar-refractivity contribution in [1.82, 2.24) is 4.84 Å². The zero-order chi connectivity index (χ0) is 8.41. The van der Waals surface area contributed by atoms with Crippen LogP contribution in [-0.4, -0.2) is 35.4 Å². The number of rotatable bonds is 3. The molecule has 0 rings (SSSR count). The first-order chi connectivity index (χ1) is 4.68. The lowest BCUT2D eigenvalue weighted by Gasteiger charge is -1.86. The topological polar surface area (TPSA) is 89.8 Å². The molecule has 0 aromatic carbocycles. The Morgan fingerprint density at radius 1 is 1.60 bits per heavy atom. The number of carboxylic acids is 1. The van der Waals surface area contributed by atoms with Gasteiger partial charge in [-0.1, -0.05) is 0 Å². The molecule has 0 spiro atoms. The number of hydrogen-bond donors (Lipinski definition) is 4. The minimum absolute atomic E-state index is 0. The van der Waals surface area contributed by atoms with Crippen molar-refractivity contribution in [3.05, 3.63) is 0 Å². The first-order valence-electron chi connectivity index (χ1n) is 2.34. The number of carboxylic acid groups (broad SMARTS) is 1. The highest BCUT2D eigenvalue weighted by molar-refractivity contribution is 6.13. The fraction of sp³-hybridized carbons (Fsp3) is 0.667. The van der Waals surface area contributed by atoms with E-state index in [1.165, 1.54) is 0 Å². The van der Waals surface area contributed by atoms with Crippen molar-refractivity contribution in [2.45, 2.75) is 6.42 Å². The maximum absolute atomic E-state index is 9.66. The van der Waals surface area contributed by atoms with E-state index in [0.717, 1.165) is 0 Å². The highest BCUT2D eigenvalue weighted by atomic mass is 35.5. The van der Waals surface area contributed by atoms with Crippen LogP contribution >= 0.6 is 11.8 Å². The van der Waals surface area contributed by atoms with Gasteiger partial charge in [-0.15, -0.1) is 0 Å². The van der Waals surface area contributed by atoms with Gasteiger partial charge < -0.3 is 15.2 Å². The van der Waals surface area contributed by atoms with Crippen molar-refractivity contribution < 1.29 is 19.9 Å². The van der Waals surface area contributed by atoms with E-state index in [9.17, 15) is 4.79 Å². The Bertz CT molecular complexity index is 82.9. The largest absolute Gasteiger partial charge is 0.482 e. The summed E-state index contributed by atoms with van der Waals surface area (Å²) in [4.78, 5) is 11.8. The maximum Gasteiger partial charge on any atom is 0.482 e. The molecule has 7 heteroatoms. The summed E-state index contributed by atoms with van der Waals surface area (Å²) in [6.45, 7) is 0.316.